The number of hydrogen-bond acceptors (Lipinski definition) is 4. The van der Waals surface area contributed by atoms with Crippen molar-refractivity contribution in [3.05, 3.63) is 94.1 Å². The highest BCUT2D eigenvalue weighted by Crippen LogP contribution is 2.37. The standard InChI is InChI=1S/C26H23ClN2O3/c1-4-32-22-11-6-5-9-20(22)28-24-23(18-12-14-19(27)15-13-18)25(30)29(26(24)31)21-10-7-8-16(2)17(21)3/h5-15,28H,4H2,1-3H3. The van der Waals surface area contributed by atoms with E-state index in [1.54, 1.807) is 30.3 Å². The fourth-order valence-corrected chi connectivity index (χ4v) is 3.84. The van der Waals surface area contributed by atoms with Crippen molar-refractivity contribution in [3.63, 3.8) is 0 Å². The second-order valence-corrected chi connectivity index (χ2v) is 7.91. The first-order valence-electron chi connectivity index (χ1n) is 10.4. The van der Waals surface area contributed by atoms with E-state index in [4.69, 9.17) is 16.3 Å². The van der Waals surface area contributed by atoms with E-state index in [0.29, 0.717) is 39.9 Å². The lowest BCUT2D eigenvalue weighted by Gasteiger charge is -2.19. The van der Waals surface area contributed by atoms with Gasteiger partial charge < -0.3 is 10.1 Å². The highest BCUT2D eigenvalue weighted by Gasteiger charge is 2.41. The normalized spacial score (nSPS) is 13.7. The molecular weight excluding hydrogens is 424 g/mol. The molecule has 1 heterocycles. The first-order valence-corrected chi connectivity index (χ1v) is 10.7. The molecule has 4 rings (SSSR count). The maximum absolute atomic E-state index is 13.6. The van der Waals surface area contributed by atoms with Crippen LogP contribution in [0.4, 0.5) is 11.4 Å². The van der Waals surface area contributed by atoms with Gasteiger partial charge in [0, 0.05) is 5.02 Å². The summed E-state index contributed by atoms with van der Waals surface area (Å²) in [7, 11) is 0. The van der Waals surface area contributed by atoms with Crippen LogP contribution >= 0.6 is 11.6 Å². The molecule has 0 aromatic heterocycles. The fraction of sp³-hybridized carbons (Fsp3) is 0.154. The van der Waals surface area contributed by atoms with Crippen molar-refractivity contribution in [2.75, 3.05) is 16.8 Å². The van der Waals surface area contributed by atoms with Gasteiger partial charge in [0.2, 0.25) is 0 Å². The molecule has 0 spiro atoms. The highest BCUT2D eigenvalue weighted by atomic mass is 35.5. The van der Waals surface area contributed by atoms with Crippen molar-refractivity contribution >= 4 is 40.4 Å². The number of nitrogens with one attached hydrogen (secondary N) is 1. The molecule has 0 bridgehead atoms. The number of rotatable bonds is 6. The van der Waals surface area contributed by atoms with Gasteiger partial charge in [-0.3, -0.25) is 9.59 Å². The molecule has 6 heteroatoms. The van der Waals surface area contributed by atoms with Gasteiger partial charge in [-0.2, -0.15) is 0 Å². The first-order chi connectivity index (χ1) is 15.4. The first kappa shape index (κ1) is 21.7. The van der Waals surface area contributed by atoms with Gasteiger partial charge in [0.25, 0.3) is 11.8 Å². The lowest BCUT2D eigenvalue weighted by Crippen LogP contribution is -2.33. The third kappa shape index (κ3) is 3.87. The maximum Gasteiger partial charge on any atom is 0.282 e. The van der Waals surface area contributed by atoms with Gasteiger partial charge in [-0.15, -0.1) is 0 Å². The van der Waals surface area contributed by atoms with Gasteiger partial charge in [-0.25, -0.2) is 4.90 Å². The van der Waals surface area contributed by atoms with Crippen LogP contribution in [0.25, 0.3) is 5.57 Å². The minimum absolute atomic E-state index is 0.199. The average molecular weight is 447 g/mol. The Morgan fingerprint density at radius 2 is 1.62 bits per heavy atom. The van der Waals surface area contributed by atoms with Gasteiger partial charge >= 0.3 is 0 Å². The number of imide groups is 1. The third-order valence-electron chi connectivity index (χ3n) is 5.48. The summed E-state index contributed by atoms with van der Waals surface area (Å²) in [5, 5.41) is 3.73. The molecule has 1 N–H and O–H groups in total. The molecule has 3 aromatic carbocycles. The number of hydrogen-bond donors (Lipinski definition) is 1. The molecule has 0 fully saturated rings. The molecule has 1 aliphatic rings. The van der Waals surface area contributed by atoms with Crippen molar-refractivity contribution in [2.24, 2.45) is 0 Å². The Hall–Kier alpha value is -3.57. The summed E-state index contributed by atoms with van der Waals surface area (Å²) in [6.07, 6.45) is 0. The molecule has 3 aromatic rings. The Kier molecular flexibility index (Phi) is 6.01. The quantitative estimate of drug-likeness (QED) is 0.489. The Morgan fingerprint density at radius 3 is 2.34 bits per heavy atom. The van der Waals surface area contributed by atoms with Crippen LogP contribution in [0.1, 0.15) is 23.6 Å². The van der Waals surface area contributed by atoms with E-state index in [-0.39, 0.29) is 11.6 Å². The van der Waals surface area contributed by atoms with E-state index in [1.807, 2.05) is 57.2 Å². The Balaban J connectivity index is 1.86. The van der Waals surface area contributed by atoms with Crippen molar-refractivity contribution in [3.8, 4) is 5.75 Å². The van der Waals surface area contributed by atoms with Crippen molar-refractivity contribution in [1.29, 1.82) is 0 Å². The Labute approximate surface area is 192 Å². The average Bonchev–Trinajstić information content (AvgIpc) is 3.02. The van der Waals surface area contributed by atoms with Crippen LogP contribution in [0.2, 0.25) is 5.02 Å². The lowest BCUT2D eigenvalue weighted by atomic mass is 10.0. The Morgan fingerprint density at radius 1 is 0.906 bits per heavy atom. The van der Waals surface area contributed by atoms with Crippen LogP contribution in [0.5, 0.6) is 5.75 Å². The largest absolute Gasteiger partial charge is 0.492 e. The molecule has 2 amide bonds. The zero-order valence-electron chi connectivity index (χ0n) is 18.1. The van der Waals surface area contributed by atoms with Gasteiger partial charge in [0.1, 0.15) is 11.4 Å². The van der Waals surface area contributed by atoms with Crippen LogP contribution < -0.4 is 15.0 Å². The summed E-state index contributed by atoms with van der Waals surface area (Å²) in [5.41, 5.74) is 4.15. The summed E-state index contributed by atoms with van der Waals surface area (Å²) >= 11 is 6.06. The number of benzene rings is 3. The molecule has 0 aliphatic carbocycles. The topological polar surface area (TPSA) is 58.6 Å². The molecule has 0 saturated heterocycles. The van der Waals surface area contributed by atoms with E-state index < -0.39 is 5.91 Å². The van der Waals surface area contributed by atoms with E-state index in [0.717, 1.165) is 11.1 Å². The number of anilines is 2. The zero-order chi connectivity index (χ0) is 22.8. The molecule has 0 radical (unpaired) electrons. The number of nitrogens with zero attached hydrogens (tertiary/aromatic N) is 1. The minimum atomic E-state index is -0.417. The molecule has 32 heavy (non-hydrogen) atoms. The smallest absolute Gasteiger partial charge is 0.282 e. The van der Waals surface area contributed by atoms with Crippen molar-refractivity contribution in [2.45, 2.75) is 20.8 Å². The van der Waals surface area contributed by atoms with E-state index in [9.17, 15) is 9.59 Å². The van der Waals surface area contributed by atoms with Crippen LogP contribution in [-0.2, 0) is 9.59 Å². The van der Waals surface area contributed by atoms with Crippen LogP contribution in [0, 0.1) is 13.8 Å². The third-order valence-corrected chi connectivity index (χ3v) is 5.73. The van der Waals surface area contributed by atoms with Gasteiger partial charge in [0.15, 0.2) is 0 Å². The fourth-order valence-electron chi connectivity index (χ4n) is 3.71. The minimum Gasteiger partial charge on any atom is -0.492 e. The summed E-state index contributed by atoms with van der Waals surface area (Å²) in [6, 6.07) is 19.8. The molecule has 1 aliphatic heterocycles. The highest BCUT2D eigenvalue weighted by molar-refractivity contribution is 6.46. The lowest BCUT2D eigenvalue weighted by molar-refractivity contribution is -0.120. The molecule has 0 atom stereocenters. The number of carbonyl (C=O) groups excluding carboxylic acids is 2. The molecule has 162 valence electrons. The summed E-state index contributed by atoms with van der Waals surface area (Å²) < 4.78 is 5.70. The van der Waals surface area contributed by atoms with Crippen molar-refractivity contribution < 1.29 is 14.3 Å². The SMILES string of the molecule is CCOc1ccccc1NC1=C(c2ccc(Cl)cc2)C(=O)N(c2cccc(C)c2C)C1=O. The van der Waals surface area contributed by atoms with Crippen LogP contribution in [0.15, 0.2) is 72.4 Å². The number of carbonyl (C=O) groups is 2. The molecule has 0 saturated carbocycles. The van der Waals surface area contributed by atoms with Gasteiger partial charge in [0.05, 0.1) is 23.6 Å². The van der Waals surface area contributed by atoms with E-state index in [2.05, 4.69) is 5.32 Å². The second-order valence-electron chi connectivity index (χ2n) is 7.48. The molecule has 5 nitrogen and oxygen atoms in total. The number of aryl methyl sites for hydroxylation is 1. The number of para-hydroxylation sites is 2. The molecule has 0 unspecified atom stereocenters. The summed E-state index contributed by atoms with van der Waals surface area (Å²) in [5.74, 6) is -0.203. The zero-order valence-corrected chi connectivity index (χ0v) is 18.9. The summed E-state index contributed by atoms with van der Waals surface area (Å²) in [4.78, 5) is 28.5. The van der Waals surface area contributed by atoms with Gasteiger partial charge in [-0.05, 0) is 67.8 Å². The van der Waals surface area contributed by atoms with Crippen molar-refractivity contribution in [1.82, 2.24) is 0 Å². The monoisotopic (exact) mass is 446 g/mol. The second kappa shape index (κ2) is 8.89. The van der Waals surface area contributed by atoms with Gasteiger partial charge in [-0.1, -0.05) is 48.0 Å². The van der Waals surface area contributed by atoms with Crippen LogP contribution in [0.3, 0.4) is 0 Å². The predicted molar refractivity (Wildman–Crippen MR) is 128 cm³/mol. The maximum atomic E-state index is 13.6. The summed E-state index contributed by atoms with van der Waals surface area (Å²) in [6.45, 7) is 6.23. The van der Waals surface area contributed by atoms with E-state index >= 15 is 0 Å². The Bertz CT molecular complexity index is 1230. The number of amides is 2. The molecular formula is C26H23ClN2O3. The number of halogens is 1. The van der Waals surface area contributed by atoms with Crippen LogP contribution in [-0.4, -0.2) is 18.4 Å². The number of ether oxygens (including phenoxy) is 1. The van der Waals surface area contributed by atoms with E-state index in [1.165, 1.54) is 4.90 Å². The predicted octanol–water partition coefficient (Wildman–Crippen LogP) is 5.75.